The fraction of sp³-hybridized carbons (Fsp3) is 0.375. The van der Waals surface area contributed by atoms with Gasteiger partial charge in [0.2, 0.25) is 0 Å². The second-order valence-corrected chi connectivity index (χ2v) is 20.8. The fourth-order valence-electron chi connectivity index (χ4n) is 1.78. The third kappa shape index (κ3) is 4.23. The van der Waals surface area contributed by atoms with Gasteiger partial charge in [0.05, 0.1) is 0 Å². The van der Waals surface area contributed by atoms with Gasteiger partial charge in [-0.15, -0.1) is 11.1 Å². The molecular weight excluding hydrogens is 304 g/mol. The van der Waals surface area contributed by atoms with E-state index in [1.165, 1.54) is 0 Å². The maximum atomic E-state index is 4.18. The van der Waals surface area contributed by atoms with Crippen LogP contribution in [0.15, 0.2) is 36.9 Å². The first-order valence-corrected chi connectivity index (χ1v) is 14.4. The quantitative estimate of drug-likeness (QED) is 0.641. The largest absolute Gasteiger partial charge is 0.261 e. The van der Waals surface area contributed by atoms with E-state index in [1.54, 1.807) is 12.4 Å². The number of rotatable bonds is 3. The van der Waals surface area contributed by atoms with Crippen LogP contribution in [-0.2, 0) is 13.1 Å². The molecule has 0 saturated carbocycles. The van der Waals surface area contributed by atoms with Crippen molar-refractivity contribution < 1.29 is 0 Å². The van der Waals surface area contributed by atoms with Crippen LogP contribution in [-0.4, -0.2) is 34.7 Å². The summed E-state index contributed by atoms with van der Waals surface area (Å²) in [6.07, 6.45) is 7.44. The lowest BCUT2D eigenvalue weighted by Gasteiger charge is -2.28. The van der Waals surface area contributed by atoms with Crippen molar-refractivity contribution in [2.24, 2.45) is 0 Å². The summed E-state index contributed by atoms with van der Waals surface area (Å²) in [7, 11) is -3.31. The van der Waals surface area contributed by atoms with Gasteiger partial charge in [0.25, 0.3) is 0 Å². The molecule has 0 unspecified atom stereocenters. The molecule has 0 spiro atoms. The van der Waals surface area contributed by atoms with E-state index in [9.17, 15) is 0 Å². The van der Waals surface area contributed by atoms with Gasteiger partial charge in [0.15, 0.2) is 0 Å². The van der Waals surface area contributed by atoms with Crippen LogP contribution in [0.1, 0.15) is 0 Å². The Kier molecular flexibility index (Phi) is 5.07. The van der Waals surface area contributed by atoms with Crippen molar-refractivity contribution in [1.29, 1.82) is 0 Å². The first kappa shape index (κ1) is 16.3. The first-order valence-electron chi connectivity index (χ1n) is 7.36. The highest BCUT2D eigenvalue weighted by molar-refractivity contribution is 7.46. The third-order valence-electron chi connectivity index (χ3n) is 3.96. The van der Waals surface area contributed by atoms with Gasteiger partial charge in [-0.1, -0.05) is 38.0 Å². The van der Waals surface area contributed by atoms with Crippen molar-refractivity contribution in [3.63, 3.8) is 0 Å². The van der Waals surface area contributed by atoms with E-state index in [-0.39, 0.29) is 0 Å². The molecule has 0 aromatic carbocycles. The van der Waals surface area contributed by atoms with E-state index in [4.69, 9.17) is 0 Å². The normalized spacial score (nSPS) is 11.3. The Balaban J connectivity index is 2.02. The SMILES string of the molecule is C[Si](C)(C#CCn1cccn1)[Si](C)(C)C#CCn1cccn1. The summed E-state index contributed by atoms with van der Waals surface area (Å²) in [5, 5.41) is 8.36. The highest BCUT2D eigenvalue weighted by Gasteiger charge is 2.39. The Morgan fingerprint density at radius 2 is 1.18 bits per heavy atom. The van der Waals surface area contributed by atoms with Gasteiger partial charge in [-0.3, -0.25) is 9.36 Å². The molecule has 0 aliphatic heterocycles. The molecule has 4 nitrogen and oxygen atoms in total. The van der Waals surface area contributed by atoms with Crippen molar-refractivity contribution in [1.82, 2.24) is 19.6 Å². The lowest BCUT2D eigenvalue weighted by Crippen LogP contribution is -2.53. The average molecular weight is 327 g/mol. The highest BCUT2D eigenvalue weighted by atomic mass is 29.3. The first-order chi connectivity index (χ1) is 10.4. The number of nitrogens with zero attached hydrogens (tertiary/aromatic N) is 4. The lowest BCUT2D eigenvalue weighted by atomic mass is 10.7. The van der Waals surface area contributed by atoms with Crippen LogP contribution >= 0.6 is 0 Å². The van der Waals surface area contributed by atoms with Gasteiger partial charge in [-0.25, -0.2) is 0 Å². The minimum atomic E-state index is -1.65. The monoisotopic (exact) mass is 326 g/mol. The molecule has 22 heavy (non-hydrogen) atoms. The molecule has 6 heteroatoms. The van der Waals surface area contributed by atoms with Crippen LogP contribution in [0.5, 0.6) is 0 Å². The Hall–Kier alpha value is -2.03. The molecule has 0 atom stereocenters. The van der Waals surface area contributed by atoms with Crippen LogP contribution in [0.2, 0.25) is 26.2 Å². The van der Waals surface area contributed by atoms with Gasteiger partial charge in [0.1, 0.15) is 28.3 Å². The molecule has 0 aliphatic carbocycles. The Morgan fingerprint density at radius 1 is 0.773 bits per heavy atom. The Morgan fingerprint density at radius 3 is 1.50 bits per heavy atom. The Labute approximate surface area is 134 Å². The molecule has 2 rings (SSSR count). The summed E-state index contributed by atoms with van der Waals surface area (Å²) in [6, 6.07) is 3.84. The molecule has 0 amide bonds. The van der Waals surface area contributed by atoms with Crippen molar-refractivity contribution in [2.75, 3.05) is 0 Å². The molecule has 2 aromatic heterocycles. The van der Waals surface area contributed by atoms with Crippen LogP contribution < -0.4 is 0 Å². The molecule has 0 radical (unpaired) electrons. The molecule has 2 heterocycles. The highest BCUT2D eigenvalue weighted by Crippen LogP contribution is 2.17. The van der Waals surface area contributed by atoms with Gasteiger partial charge in [-0.2, -0.15) is 10.2 Å². The van der Waals surface area contributed by atoms with Gasteiger partial charge < -0.3 is 0 Å². The van der Waals surface area contributed by atoms with Crippen molar-refractivity contribution in [3.05, 3.63) is 36.9 Å². The zero-order valence-electron chi connectivity index (χ0n) is 13.7. The van der Waals surface area contributed by atoms with Crippen molar-refractivity contribution >= 4 is 15.2 Å². The van der Waals surface area contributed by atoms with E-state index in [0.717, 1.165) is 0 Å². The van der Waals surface area contributed by atoms with E-state index >= 15 is 0 Å². The van der Waals surface area contributed by atoms with Crippen molar-refractivity contribution in [2.45, 2.75) is 39.3 Å². The van der Waals surface area contributed by atoms with Crippen molar-refractivity contribution in [3.8, 4) is 22.9 Å². The minimum absolute atomic E-state index is 0.661. The van der Waals surface area contributed by atoms with Crippen LogP contribution in [0, 0.1) is 22.9 Å². The van der Waals surface area contributed by atoms with E-state index in [1.807, 2.05) is 33.9 Å². The summed E-state index contributed by atoms with van der Waals surface area (Å²) in [5.74, 6) is 6.60. The molecule has 2 aromatic rings. The predicted octanol–water partition coefficient (Wildman–Crippen LogP) is 2.36. The summed E-state index contributed by atoms with van der Waals surface area (Å²) < 4.78 is 3.71. The summed E-state index contributed by atoms with van der Waals surface area (Å²) in [5.41, 5.74) is 7.09. The van der Waals surface area contributed by atoms with Crippen LogP contribution in [0.3, 0.4) is 0 Å². The maximum Gasteiger partial charge on any atom is 0.138 e. The molecule has 0 saturated heterocycles. The van der Waals surface area contributed by atoms with Crippen LogP contribution in [0.4, 0.5) is 0 Å². The Bertz CT molecular complexity index is 644. The number of aromatic nitrogens is 4. The molecule has 0 aliphatic rings. The third-order valence-corrected chi connectivity index (χ3v) is 18.8. The second kappa shape index (κ2) is 6.82. The summed E-state index contributed by atoms with van der Waals surface area (Å²) >= 11 is 0. The second-order valence-electron chi connectivity index (χ2n) is 6.26. The number of hydrogen-bond acceptors (Lipinski definition) is 2. The molecule has 0 fully saturated rings. The number of hydrogen-bond donors (Lipinski definition) is 0. The molecule has 0 N–H and O–H groups in total. The topological polar surface area (TPSA) is 35.6 Å². The molecular formula is C16H22N4Si2. The lowest BCUT2D eigenvalue weighted by molar-refractivity contribution is 0.715. The van der Waals surface area contributed by atoms with E-state index in [2.05, 4.69) is 59.3 Å². The standard InChI is InChI=1S/C16H22N4Si2/c1-21(2,15-7-13-19-11-5-9-17-19)22(3,4)16-8-14-20-12-6-10-18-20/h5-6,9-12H,13-14H2,1-4H3. The van der Waals surface area contributed by atoms with Crippen LogP contribution in [0.25, 0.3) is 0 Å². The zero-order valence-corrected chi connectivity index (χ0v) is 15.7. The minimum Gasteiger partial charge on any atom is -0.261 e. The maximum absolute atomic E-state index is 4.18. The predicted molar refractivity (Wildman–Crippen MR) is 95.0 cm³/mol. The average Bonchev–Trinajstić information content (AvgIpc) is 3.11. The summed E-state index contributed by atoms with van der Waals surface area (Å²) in [4.78, 5) is 0. The van der Waals surface area contributed by atoms with Gasteiger partial charge >= 0.3 is 0 Å². The van der Waals surface area contributed by atoms with Gasteiger partial charge in [-0.05, 0) is 12.1 Å². The summed E-state index contributed by atoms with van der Waals surface area (Å²) in [6.45, 7) is 10.6. The smallest absolute Gasteiger partial charge is 0.138 e. The molecule has 114 valence electrons. The van der Waals surface area contributed by atoms with E-state index in [0.29, 0.717) is 13.1 Å². The molecule has 0 bridgehead atoms. The van der Waals surface area contributed by atoms with Gasteiger partial charge in [0, 0.05) is 24.8 Å². The fourth-order valence-corrected chi connectivity index (χ4v) is 5.86. The van der Waals surface area contributed by atoms with E-state index < -0.39 is 15.2 Å². The zero-order chi connectivity index (χ0) is 16.1.